The predicted octanol–water partition coefficient (Wildman–Crippen LogP) is 3.04. The standard InChI is InChI=1S/C26H31N7O3/c1-3-16-12-13-29-20(15-16)30-26(36)18-10-8-17(9-11-18)22-23(24(27)35)33(28)25(31-22)19-7-5-6-14-32(19)21(34)4-2/h8-13,15,19H,3-7,14,28H2,1-2H3,(H2,27,35)(H,29,30,36)/t19-/m0/s1. The maximum absolute atomic E-state index is 12.7. The van der Waals surface area contributed by atoms with Crippen LogP contribution in [0, 0.1) is 0 Å². The number of likely N-dealkylation sites (tertiary alicyclic amines) is 1. The summed E-state index contributed by atoms with van der Waals surface area (Å²) < 4.78 is 1.20. The summed E-state index contributed by atoms with van der Waals surface area (Å²) in [6.07, 6.45) is 5.40. The van der Waals surface area contributed by atoms with Crippen molar-refractivity contribution in [1.29, 1.82) is 0 Å². The summed E-state index contributed by atoms with van der Waals surface area (Å²) in [4.78, 5) is 48.3. The first-order valence-corrected chi connectivity index (χ1v) is 12.2. The van der Waals surface area contributed by atoms with Gasteiger partial charge in [-0.25, -0.2) is 14.6 Å². The Morgan fingerprint density at radius 1 is 1.11 bits per heavy atom. The topological polar surface area (TPSA) is 149 Å². The molecule has 2 aromatic heterocycles. The fourth-order valence-corrected chi connectivity index (χ4v) is 4.55. The highest BCUT2D eigenvalue weighted by molar-refractivity contribution is 6.04. The molecule has 10 nitrogen and oxygen atoms in total. The number of nitrogen functional groups attached to an aromatic ring is 1. The van der Waals surface area contributed by atoms with Gasteiger partial charge in [-0.3, -0.25) is 14.4 Å². The van der Waals surface area contributed by atoms with E-state index in [1.807, 2.05) is 26.0 Å². The molecule has 0 spiro atoms. The SMILES string of the molecule is CCC(=O)N1CCCC[C@H]1c1nc(-c2ccc(C(=O)Nc3cc(CC)ccn3)cc2)c(C(N)=O)n1N. The minimum Gasteiger partial charge on any atom is -0.364 e. The van der Waals surface area contributed by atoms with Crippen LogP contribution >= 0.6 is 0 Å². The summed E-state index contributed by atoms with van der Waals surface area (Å²) in [6.45, 7) is 4.46. The third kappa shape index (κ3) is 4.93. The van der Waals surface area contributed by atoms with E-state index in [2.05, 4.69) is 15.3 Å². The lowest BCUT2D eigenvalue weighted by Crippen LogP contribution is -2.40. The lowest BCUT2D eigenvalue weighted by molar-refractivity contribution is -0.134. The predicted molar refractivity (Wildman–Crippen MR) is 136 cm³/mol. The normalized spacial score (nSPS) is 15.5. The van der Waals surface area contributed by atoms with Crippen molar-refractivity contribution in [3.8, 4) is 11.3 Å². The van der Waals surface area contributed by atoms with Gasteiger partial charge in [-0.15, -0.1) is 0 Å². The molecule has 0 radical (unpaired) electrons. The van der Waals surface area contributed by atoms with E-state index in [0.29, 0.717) is 47.8 Å². The highest BCUT2D eigenvalue weighted by Gasteiger charge is 2.33. The maximum Gasteiger partial charge on any atom is 0.269 e. The molecule has 1 atom stereocenters. The van der Waals surface area contributed by atoms with Crippen molar-refractivity contribution < 1.29 is 14.4 Å². The molecule has 1 fully saturated rings. The molecule has 1 aliphatic rings. The summed E-state index contributed by atoms with van der Waals surface area (Å²) in [6, 6.07) is 10.1. The first kappa shape index (κ1) is 24.9. The third-order valence-electron chi connectivity index (χ3n) is 6.49. The quantitative estimate of drug-likeness (QED) is 0.434. The Balaban J connectivity index is 1.63. The van der Waals surface area contributed by atoms with Gasteiger partial charge in [0.15, 0.2) is 11.5 Å². The van der Waals surface area contributed by atoms with Gasteiger partial charge in [0.25, 0.3) is 11.8 Å². The molecule has 0 saturated carbocycles. The number of aromatic nitrogens is 3. The number of amides is 3. The Morgan fingerprint density at radius 3 is 2.53 bits per heavy atom. The van der Waals surface area contributed by atoms with E-state index in [9.17, 15) is 14.4 Å². The number of piperidine rings is 1. The van der Waals surface area contributed by atoms with Crippen LogP contribution in [0.1, 0.15) is 77.8 Å². The van der Waals surface area contributed by atoms with E-state index in [0.717, 1.165) is 24.8 Å². The Bertz CT molecular complexity index is 1280. The summed E-state index contributed by atoms with van der Waals surface area (Å²) in [7, 11) is 0. The number of aryl methyl sites for hydroxylation is 1. The van der Waals surface area contributed by atoms with Crippen molar-refractivity contribution in [3.63, 3.8) is 0 Å². The molecule has 3 amide bonds. The van der Waals surface area contributed by atoms with E-state index in [4.69, 9.17) is 11.6 Å². The molecule has 5 N–H and O–H groups in total. The number of anilines is 1. The summed E-state index contributed by atoms with van der Waals surface area (Å²) in [5.74, 6) is 6.19. The van der Waals surface area contributed by atoms with Gasteiger partial charge in [0, 0.05) is 30.3 Å². The van der Waals surface area contributed by atoms with E-state index in [1.54, 1.807) is 35.4 Å². The number of nitrogens with one attached hydrogen (secondary N) is 1. The average Bonchev–Trinajstić information content (AvgIpc) is 3.25. The fraction of sp³-hybridized carbons (Fsp3) is 0.346. The lowest BCUT2D eigenvalue weighted by atomic mass is 10.0. The second-order valence-electron chi connectivity index (χ2n) is 8.79. The third-order valence-corrected chi connectivity index (χ3v) is 6.49. The fourth-order valence-electron chi connectivity index (χ4n) is 4.55. The van der Waals surface area contributed by atoms with Gasteiger partial charge in [0.2, 0.25) is 5.91 Å². The number of nitrogens with two attached hydrogens (primary N) is 2. The number of pyridine rings is 1. The van der Waals surface area contributed by atoms with E-state index in [-0.39, 0.29) is 23.6 Å². The number of primary amides is 1. The molecule has 3 aromatic rings. The Kier molecular flexibility index (Phi) is 7.33. The van der Waals surface area contributed by atoms with Gasteiger partial charge >= 0.3 is 0 Å². The van der Waals surface area contributed by atoms with Gasteiger partial charge in [0.1, 0.15) is 11.5 Å². The maximum atomic E-state index is 12.7. The highest BCUT2D eigenvalue weighted by Crippen LogP contribution is 2.33. The molecule has 0 unspecified atom stereocenters. The number of imidazole rings is 1. The van der Waals surface area contributed by atoms with E-state index >= 15 is 0 Å². The van der Waals surface area contributed by atoms with Gasteiger partial charge in [-0.05, 0) is 55.5 Å². The zero-order chi connectivity index (χ0) is 25.8. The summed E-state index contributed by atoms with van der Waals surface area (Å²) in [5, 5.41) is 2.80. The van der Waals surface area contributed by atoms with Gasteiger partial charge < -0.3 is 21.8 Å². The average molecular weight is 490 g/mol. The van der Waals surface area contributed by atoms with Gasteiger partial charge in [-0.2, -0.15) is 0 Å². The van der Waals surface area contributed by atoms with Crippen molar-refractivity contribution in [3.05, 3.63) is 65.2 Å². The molecular formula is C26H31N7O3. The molecule has 36 heavy (non-hydrogen) atoms. The zero-order valence-corrected chi connectivity index (χ0v) is 20.5. The Hall–Kier alpha value is -4.21. The van der Waals surface area contributed by atoms with Crippen LogP contribution in [0.5, 0.6) is 0 Å². The van der Waals surface area contributed by atoms with Crippen molar-refractivity contribution in [2.24, 2.45) is 5.73 Å². The molecule has 3 heterocycles. The number of carbonyl (C=O) groups excluding carboxylic acids is 3. The second kappa shape index (κ2) is 10.6. The van der Waals surface area contributed by atoms with Crippen molar-refractivity contribution in [2.75, 3.05) is 17.7 Å². The first-order chi connectivity index (χ1) is 17.3. The molecule has 1 aromatic carbocycles. The van der Waals surface area contributed by atoms with E-state index in [1.165, 1.54) is 4.68 Å². The first-order valence-electron chi connectivity index (χ1n) is 12.2. The smallest absolute Gasteiger partial charge is 0.269 e. The largest absolute Gasteiger partial charge is 0.364 e. The summed E-state index contributed by atoms with van der Waals surface area (Å²) in [5.41, 5.74) is 8.12. The molecule has 1 saturated heterocycles. The van der Waals surface area contributed by atoms with Gasteiger partial charge in [-0.1, -0.05) is 26.0 Å². The number of hydrogen-bond acceptors (Lipinski definition) is 6. The van der Waals surface area contributed by atoms with Crippen LogP contribution in [-0.4, -0.2) is 43.8 Å². The minimum atomic E-state index is -0.723. The monoisotopic (exact) mass is 489 g/mol. The number of hydrogen-bond donors (Lipinski definition) is 3. The lowest BCUT2D eigenvalue weighted by Gasteiger charge is -2.35. The Labute approximate surface area is 209 Å². The molecule has 1 aliphatic heterocycles. The van der Waals surface area contributed by atoms with E-state index < -0.39 is 5.91 Å². The Morgan fingerprint density at radius 2 is 1.86 bits per heavy atom. The van der Waals surface area contributed by atoms with Crippen molar-refractivity contribution in [1.82, 2.24) is 19.5 Å². The molecule has 4 rings (SSSR count). The molecule has 0 bridgehead atoms. The number of benzene rings is 1. The van der Waals surface area contributed by atoms with Crippen LogP contribution < -0.4 is 16.9 Å². The van der Waals surface area contributed by atoms with Crippen LogP contribution in [-0.2, 0) is 11.2 Å². The van der Waals surface area contributed by atoms with Crippen LogP contribution in [0.25, 0.3) is 11.3 Å². The molecule has 188 valence electrons. The molecule has 10 heteroatoms. The van der Waals surface area contributed by atoms with Crippen molar-refractivity contribution in [2.45, 2.75) is 52.0 Å². The van der Waals surface area contributed by atoms with Gasteiger partial charge in [0.05, 0.1) is 6.04 Å². The van der Waals surface area contributed by atoms with Crippen LogP contribution in [0.3, 0.4) is 0 Å². The number of carbonyl (C=O) groups is 3. The molecule has 0 aliphatic carbocycles. The number of rotatable bonds is 7. The zero-order valence-electron chi connectivity index (χ0n) is 20.5. The number of nitrogens with zero attached hydrogens (tertiary/aromatic N) is 4. The van der Waals surface area contributed by atoms with Crippen molar-refractivity contribution >= 4 is 23.5 Å². The minimum absolute atomic E-state index is 0.0132. The van der Waals surface area contributed by atoms with Crippen LogP contribution in [0.2, 0.25) is 0 Å². The molecular weight excluding hydrogens is 458 g/mol. The summed E-state index contributed by atoms with van der Waals surface area (Å²) >= 11 is 0. The highest BCUT2D eigenvalue weighted by atomic mass is 16.2. The van der Waals surface area contributed by atoms with Crippen LogP contribution in [0.15, 0.2) is 42.6 Å². The second-order valence-corrected chi connectivity index (χ2v) is 8.79. The van der Waals surface area contributed by atoms with Crippen LogP contribution in [0.4, 0.5) is 5.82 Å².